The maximum absolute atomic E-state index is 13.1. The molecule has 3 rings (SSSR count). The van der Waals surface area contributed by atoms with Crippen molar-refractivity contribution < 1.29 is 8.42 Å². The smallest absolute Gasteiger partial charge is 0.243 e. The summed E-state index contributed by atoms with van der Waals surface area (Å²) < 4.78 is 28.6. The van der Waals surface area contributed by atoms with E-state index in [2.05, 4.69) is 21.2 Å². The topological polar surface area (TPSA) is 49.4 Å². The van der Waals surface area contributed by atoms with Crippen LogP contribution in [-0.2, 0) is 10.0 Å². The molecule has 1 N–H and O–H groups in total. The van der Waals surface area contributed by atoms with Gasteiger partial charge in [-0.25, -0.2) is 8.42 Å². The zero-order valence-corrected chi connectivity index (χ0v) is 14.6. The van der Waals surface area contributed by atoms with Crippen molar-refractivity contribution in [1.29, 1.82) is 0 Å². The van der Waals surface area contributed by atoms with Crippen molar-refractivity contribution in [1.82, 2.24) is 9.62 Å². The van der Waals surface area contributed by atoms with Crippen LogP contribution in [0.4, 0.5) is 0 Å². The molecule has 2 aliphatic rings. The molecule has 1 aliphatic heterocycles. The first-order valence-electron chi connectivity index (χ1n) is 7.50. The van der Waals surface area contributed by atoms with E-state index in [1.54, 1.807) is 10.4 Å². The van der Waals surface area contributed by atoms with Crippen LogP contribution in [0.15, 0.2) is 27.6 Å². The summed E-state index contributed by atoms with van der Waals surface area (Å²) in [4.78, 5) is 0.432. The van der Waals surface area contributed by atoms with E-state index >= 15 is 0 Å². The van der Waals surface area contributed by atoms with E-state index in [0.29, 0.717) is 17.5 Å². The molecule has 1 unspecified atom stereocenters. The van der Waals surface area contributed by atoms with Gasteiger partial charge in [-0.15, -0.1) is 0 Å². The fourth-order valence-electron chi connectivity index (χ4n) is 2.91. The van der Waals surface area contributed by atoms with Gasteiger partial charge in [0.25, 0.3) is 0 Å². The fourth-order valence-corrected chi connectivity index (χ4v) is 5.41. The standard InChI is InChI=1S/C15H21BrN2O2S/c1-11-4-5-12(16)9-15(11)21(19,20)18(14-6-7-14)10-13-3-2-8-17-13/h4-5,9,13-14,17H,2-3,6-8,10H2,1H3. The molecule has 116 valence electrons. The van der Waals surface area contributed by atoms with Gasteiger partial charge in [0.05, 0.1) is 4.90 Å². The molecule has 21 heavy (non-hydrogen) atoms. The second-order valence-electron chi connectivity index (χ2n) is 6.01. The lowest BCUT2D eigenvalue weighted by Gasteiger charge is -2.26. The molecular formula is C15H21BrN2O2S. The summed E-state index contributed by atoms with van der Waals surface area (Å²) in [6.07, 6.45) is 4.17. The lowest BCUT2D eigenvalue weighted by atomic mass is 10.2. The summed E-state index contributed by atoms with van der Waals surface area (Å²) >= 11 is 3.38. The quantitative estimate of drug-likeness (QED) is 0.864. The molecule has 0 bridgehead atoms. The minimum Gasteiger partial charge on any atom is -0.313 e. The molecule has 0 spiro atoms. The van der Waals surface area contributed by atoms with Crippen LogP contribution in [0.5, 0.6) is 0 Å². The molecule has 6 heteroatoms. The van der Waals surface area contributed by atoms with Crippen LogP contribution in [0.3, 0.4) is 0 Å². The van der Waals surface area contributed by atoms with E-state index < -0.39 is 10.0 Å². The molecule has 1 aromatic carbocycles. The van der Waals surface area contributed by atoms with Crippen molar-refractivity contribution in [2.24, 2.45) is 0 Å². The number of rotatable bonds is 5. The molecule has 4 nitrogen and oxygen atoms in total. The Labute approximate surface area is 135 Å². The number of benzene rings is 1. The highest BCUT2D eigenvalue weighted by Crippen LogP contribution is 2.34. The number of hydrogen-bond acceptors (Lipinski definition) is 3. The minimum absolute atomic E-state index is 0.191. The van der Waals surface area contributed by atoms with Gasteiger partial charge in [0, 0.05) is 23.1 Å². The lowest BCUT2D eigenvalue weighted by molar-refractivity contribution is 0.362. The van der Waals surface area contributed by atoms with E-state index in [4.69, 9.17) is 0 Å². The van der Waals surface area contributed by atoms with E-state index in [1.165, 1.54) is 0 Å². The van der Waals surface area contributed by atoms with E-state index in [9.17, 15) is 8.42 Å². The molecule has 1 saturated carbocycles. The van der Waals surface area contributed by atoms with Crippen molar-refractivity contribution >= 4 is 26.0 Å². The van der Waals surface area contributed by atoms with Gasteiger partial charge in [0.2, 0.25) is 10.0 Å². The first-order chi connectivity index (χ1) is 9.98. The molecule has 1 atom stereocenters. The summed E-state index contributed by atoms with van der Waals surface area (Å²) in [5.74, 6) is 0. The number of aryl methyl sites for hydroxylation is 1. The van der Waals surface area contributed by atoms with Gasteiger partial charge in [-0.3, -0.25) is 0 Å². The maximum atomic E-state index is 13.1. The monoisotopic (exact) mass is 372 g/mol. The first kappa shape index (κ1) is 15.5. The Morgan fingerprint density at radius 3 is 2.71 bits per heavy atom. The van der Waals surface area contributed by atoms with E-state index in [-0.39, 0.29) is 6.04 Å². The number of sulfonamides is 1. The Hall–Kier alpha value is -0.430. The molecular weight excluding hydrogens is 352 g/mol. The van der Waals surface area contributed by atoms with Gasteiger partial charge in [-0.2, -0.15) is 4.31 Å². The Kier molecular flexibility index (Phi) is 4.41. The van der Waals surface area contributed by atoms with Gasteiger partial charge in [0.15, 0.2) is 0 Å². The van der Waals surface area contributed by atoms with Gasteiger partial charge >= 0.3 is 0 Å². The highest BCUT2D eigenvalue weighted by Gasteiger charge is 2.40. The first-order valence-corrected chi connectivity index (χ1v) is 9.73. The second kappa shape index (κ2) is 5.99. The molecule has 1 aromatic rings. The number of halogens is 1. The molecule has 0 radical (unpaired) electrons. The van der Waals surface area contributed by atoms with Crippen LogP contribution < -0.4 is 5.32 Å². The predicted octanol–water partition coefficient (Wildman–Crippen LogP) is 2.66. The van der Waals surface area contributed by atoms with Crippen LogP contribution in [0.1, 0.15) is 31.2 Å². The third kappa shape index (κ3) is 3.33. The molecule has 1 saturated heterocycles. The predicted molar refractivity (Wildman–Crippen MR) is 86.8 cm³/mol. The van der Waals surface area contributed by atoms with Crippen LogP contribution in [0, 0.1) is 6.92 Å². The number of nitrogens with zero attached hydrogens (tertiary/aromatic N) is 1. The van der Waals surface area contributed by atoms with Gasteiger partial charge < -0.3 is 5.32 Å². The zero-order chi connectivity index (χ0) is 15.0. The van der Waals surface area contributed by atoms with E-state index in [0.717, 1.165) is 42.3 Å². The van der Waals surface area contributed by atoms with Crippen molar-refractivity contribution in [3.63, 3.8) is 0 Å². The third-order valence-corrected chi connectivity index (χ3v) is 6.81. The van der Waals surface area contributed by atoms with Crippen molar-refractivity contribution in [3.8, 4) is 0 Å². The largest absolute Gasteiger partial charge is 0.313 e. The Morgan fingerprint density at radius 2 is 2.10 bits per heavy atom. The average Bonchev–Trinajstić information content (AvgIpc) is 3.14. The van der Waals surface area contributed by atoms with Crippen LogP contribution in [0.25, 0.3) is 0 Å². The molecule has 2 fully saturated rings. The number of hydrogen-bond donors (Lipinski definition) is 1. The second-order valence-corrected chi connectivity index (χ2v) is 8.78. The summed E-state index contributed by atoms with van der Waals surface area (Å²) in [5.41, 5.74) is 0.809. The number of nitrogens with one attached hydrogen (secondary N) is 1. The Balaban J connectivity index is 1.91. The maximum Gasteiger partial charge on any atom is 0.243 e. The lowest BCUT2D eigenvalue weighted by Crippen LogP contribution is -2.42. The van der Waals surface area contributed by atoms with Crippen LogP contribution in [0.2, 0.25) is 0 Å². The Bertz CT molecular complexity index is 623. The molecule has 1 aliphatic carbocycles. The minimum atomic E-state index is -3.42. The van der Waals surface area contributed by atoms with Crippen molar-refractivity contribution in [2.75, 3.05) is 13.1 Å². The highest BCUT2D eigenvalue weighted by atomic mass is 79.9. The summed E-state index contributed by atoms with van der Waals surface area (Å²) in [7, 11) is -3.42. The molecule has 0 aromatic heterocycles. The summed E-state index contributed by atoms with van der Waals surface area (Å²) in [6.45, 7) is 3.45. The molecule has 0 amide bonds. The van der Waals surface area contributed by atoms with Gasteiger partial charge in [0.1, 0.15) is 0 Å². The SMILES string of the molecule is Cc1ccc(Br)cc1S(=O)(=O)N(CC1CCCN1)C1CC1. The van der Waals surface area contributed by atoms with Gasteiger partial charge in [-0.1, -0.05) is 22.0 Å². The normalized spacial score (nSPS) is 22.9. The summed E-state index contributed by atoms with van der Waals surface area (Å²) in [6, 6.07) is 5.95. The molecule has 1 heterocycles. The summed E-state index contributed by atoms with van der Waals surface area (Å²) in [5, 5.41) is 3.40. The van der Waals surface area contributed by atoms with E-state index in [1.807, 2.05) is 19.1 Å². The average molecular weight is 373 g/mol. The highest BCUT2D eigenvalue weighted by molar-refractivity contribution is 9.10. The van der Waals surface area contributed by atoms with Crippen LogP contribution >= 0.6 is 15.9 Å². The van der Waals surface area contributed by atoms with Crippen molar-refractivity contribution in [3.05, 3.63) is 28.2 Å². The Morgan fingerprint density at radius 1 is 1.33 bits per heavy atom. The zero-order valence-electron chi connectivity index (χ0n) is 12.2. The van der Waals surface area contributed by atoms with Gasteiger partial charge in [-0.05, 0) is 56.8 Å². The van der Waals surface area contributed by atoms with Crippen LogP contribution in [-0.4, -0.2) is 37.9 Å². The fraction of sp³-hybridized carbons (Fsp3) is 0.600. The van der Waals surface area contributed by atoms with Crippen molar-refractivity contribution in [2.45, 2.75) is 49.6 Å². The third-order valence-electron chi connectivity index (χ3n) is 4.25.